The van der Waals surface area contributed by atoms with Crippen LogP contribution in [0.25, 0.3) is 0 Å². The van der Waals surface area contributed by atoms with Crippen molar-refractivity contribution in [2.75, 3.05) is 6.61 Å². The Morgan fingerprint density at radius 3 is 2.41 bits per heavy atom. The number of primary sulfonamides is 1. The molecule has 0 aliphatic heterocycles. The molecule has 0 aromatic heterocycles. The van der Waals surface area contributed by atoms with Gasteiger partial charge in [0.2, 0.25) is 10.0 Å². The molecular weight excluding hydrogens is 242 g/mol. The van der Waals surface area contributed by atoms with Crippen LogP contribution in [-0.4, -0.2) is 21.0 Å². The van der Waals surface area contributed by atoms with Crippen LogP contribution in [0.15, 0.2) is 17.0 Å². The first kappa shape index (κ1) is 13.7. The summed E-state index contributed by atoms with van der Waals surface area (Å²) >= 11 is 0. The lowest BCUT2D eigenvalue weighted by molar-refractivity contribution is 0.0526. The molecule has 2 N–H and O–H groups in total. The van der Waals surface area contributed by atoms with Crippen LogP contribution in [0.3, 0.4) is 0 Å². The Labute approximate surface area is 101 Å². The highest BCUT2D eigenvalue weighted by molar-refractivity contribution is 7.89. The van der Waals surface area contributed by atoms with Crippen LogP contribution >= 0.6 is 0 Å². The molecule has 0 aliphatic rings. The summed E-state index contributed by atoms with van der Waals surface area (Å²) in [6.45, 7) is 5.27. The molecule has 0 amide bonds. The Morgan fingerprint density at radius 1 is 1.35 bits per heavy atom. The molecule has 0 spiro atoms. The van der Waals surface area contributed by atoms with E-state index in [-0.39, 0.29) is 17.1 Å². The van der Waals surface area contributed by atoms with Crippen molar-refractivity contribution >= 4 is 16.0 Å². The highest BCUT2D eigenvalue weighted by Crippen LogP contribution is 2.20. The average molecular weight is 257 g/mol. The molecule has 1 aromatic rings. The summed E-state index contributed by atoms with van der Waals surface area (Å²) in [5, 5.41) is 5.09. The first-order valence-corrected chi connectivity index (χ1v) is 6.63. The van der Waals surface area contributed by atoms with Gasteiger partial charge >= 0.3 is 5.97 Å². The quantitative estimate of drug-likeness (QED) is 0.822. The number of ether oxygens (including phenoxy) is 1. The summed E-state index contributed by atoms with van der Waals surface area (Å²) in [4.78, 5) is 11.5. The number of carbonyl (C=O) groups excluding carboxylic acids is 1. The number of rotatable bonds is 3. The van der Waals surface area contributed by atoms with E-state index in [0.29, 0.717) is 11.1 Å². The Hall–Kier alpha value is -1.40. The molecule has 0 saturated heterocycles. The van der Waals surface area contributed by atoms with Gasteiger partial charge in [-0.15, -0.1) is 0 Å². The molecule has 6 heteroatoms. The number of carbonyl (C=O) groups is 1. The second kappa shape index (κ2) is 4.85. The van der Waals surface area contributed by atoms with E-state index < -0.39 is 16.0 Å². The molecule has 0 bridgehead atoms. The topological polar surface area (TPSA) is 86.5 Å². The van der Waals surface area contributed by atoms with Crippen molar-refractivity contribution in [3.05, 3.63) is 28.8 Å². The van der Waals surface area contributed by atoms with Crippen LogP contribution in [0, 0.1) is 13.8 Å². The fraction of sp³-hybridized carbons (Fsp3) is 0.364. The van der Waals surface area contributed by atoms with E-state index in [1.54, 1.807) is 26.8 Å². The second-order valence-corrected chi connectivity index (χ2v) is 5.21. The maximum absolute atomic E-state index is 11.5. The molecule has 0 fully saturated rings. The minimum atomic E-state index is -3.83. The van der Waals surface area contributed by atoms with E-state index >= 15 is 0 Å². The number of hydrogen-bond donors (Lipinski definition) is 1. The molecule has 0 atom stereocenters. The van der Waals surface area contributed by atoms with Crippen molar-refractivity contribution < 1.29 is 17.9 Å². The summed E-state index contributed by atoms with van der Waals surface area (Å²) < 4.78 is 27.5. The van der Waals surface area contributed by atoms with Crippen molar-refractivity contribution in [2.45, 2.75) is 25.7 Å². The molecule has 0 radical (unpaired) electrons. The Bertz CT molecular complexity index is 549. The third kappa shape index (κ3) is 3.04. The molecule has 0 heterocycles. The van der Waals surface area contributed by atoms with Gasteiger partial charge in [0.15, 0.2) is 0 Å². The maximum Gasteiger partial charge on any atom is 0.338 e. The van der Waals surface area contributed by atoms with Gasteiger partial charge in [0.25, 0.3) is 0 Å². The highest BCUT2D eigenvalue weighted by atomic mass is 32.2. The monoisotopic (exact) mass is 257 g/mol. The van der Waals surface area contributed by atoms with Gasteiger partial charge in [-0.05, 0) is 44.0 Å². The third-order valence-corrected chi connectivity index (χ3v) is 3.47. The summed E-state index contributed by atoms with van der Waals surface area (Å²) in [6.07, 6.45) is 0. The molecule has 0 unspecified atom stereocenters. The first-order valence-electron chi connectivity index (χ1n) is 5.08. The first-order chi connectivity index (χ1) is 7.77. The van der Waals surface area contributed by atoms with Gasteiger partial charge in [0.1, 0.15) is 0 Å². The van der Waals surface area contributed by atoms with Gasteiger partial charge in [-0.3, -0.25) is 0 Å². The number of sulfonamides is 1. The predicted octanol–water partition coefficient (Wildman–Crippen LogP) is 1.13. The van der Waals surface area contributed by atoms with Crippen molar-refractivity contribution in [1.82, 2.24) is 0 Å². The van der Waals surface area contributed by atoms with E-state index in [1.807, 2.05) is 0 Å². The standard InChI is InChI=1S/C11H15NO4S/c1-4-16-11(13)9-5-7(2)8(3)10(6-9)17(12,14)15/h5-6H,4H2,1-3H3,(H2,12,14,15). The molecule has 94 valence electrons. The van der Waals surface area contributed by atoms with E-state index in [1.165, 1.54) is 6.07 Å². The minimum Gasteiger partial charge on any atom is -0.462 e. The number of hydrogen-bond acceptors (Lipinski definition) is 4. The number of aryl methyl sites for hydroxylation is 1. The highest BCUT2D eigenvalue weighted by Gasteiger charge is 2.17. The smallest absolute Gasteiger partial charge is 0.338 e. The second-order valence-electron chi connectivity index (χ2n) is 3.68. The largest absolute Gasteiger partial charge is 0.462 e. The van der Waals surface area contributed by atoms with E-state index in [9.17, 15) is 13.2 Å². The van der Waals surface area contributed by atoms with Crippen LogP contribution in [-0.2, 0) is 14.8 Å². The zero-order chi connectivity index (χ0) is 13.2. The van der Waals surface area contributed by atoms with E-state index in [0.717, 1.165) is 0 Å². The van der Waals surface area contributed by atoms with Gasteiger partial charge in [0.05, 0.1) is 17.1 Å². The average Bonchev–Trinajstić information content (AvgIpc) is 2.20. The van der Waals surface area contributed by atoms with Crippen LogP contribution in [0.5, 0.6) is 0 Å². The molecule has 0 aliphatic carbocycles. The Kier molecular flexibility index (Phi) is 3.90. The van der Waals surface area contributed by atoms with Crippen molar-refractivity contribution in [1.29, 1.82) is 0 Å². The predicted molar refractivity (Wildman–Crippen MR) is 63.2 cm³/mol. The van der Waals surface area contributed by atoms with Crippen LogP contribution in [0.4, 0.5) is 0 Å². The fourth-order valence-corrected chi connectivity index (χ4v) is 2.33. The maximum atomic E-state index is 11.5. The van der Waals surface area contributed by atoms with Crippen LogP contribution < -0.4 is 5.14 Å². The third-order valence-electron chi connectivity index (χ3n) is 2.44. The summed E-state index contributed by atoms with van der Waals surface area (Å²) in [6, 6.07) is 2.83. The summed E-state index contributed by atoms with van der Waals surface area (Å²) in [5.74, 6) is -0.555. The Balaban J connectivity index is 3.39. The lowest BCUT2D eigenvalue weighted by Gasteiger charge is -2.09. The van der Waals surface area contributed by atoms with Crippen LogP contribution in [0.1, 0.15) is 28.4 Å². The molecule has 5 nitrogen and oxygen atoms in total. The molecule has 1 aromatic carbocycles. The summed E-state index contributed by atoms with van der Waals surface area (Å²) in [7, 11) is -3.83. The van der Waals surface area contributed by atoms with Gasteiger partial charge in [-0.25, -0.2) is 18.4 Å². The van der Waals surface area contributed by atoms with Gasteiger partial charge in [-0.1, -0.05) is 0 Å². The lowest BCUT2D eigenvalue weighted by atomic mass is 10.1. The van der Waals surface area contributed by atoms with Crippen molar-refractivity contribution in [3.63, 3.8) is 0 Å². The molecule has 0 saturated carbocycles. The SMILES string of the molecule is CCOC(=O)c1cc(C)c(C)c(S(N)(=O)=O)c1. The zero-order valence-corrected chi connectivity index (χ0v) is 10.8. The number of nitrogens with two attached hydrogens (primary N) is 1. The summed E-state index contributed by atoms with van der Waals surface area (Å²) in [5.41, 5.74) is 1.42. The fourth-order valence-electron chi connectivity index (χ4n) is 1.45. The molecule has 17 heavy (non-hydrogen) atoms. The van der Waals surface area contributed by atoms with Gasteiger partial charge < -0.3 is 4.74 Å². The number of benzene rings is 1. The zero-order valence-electron chi connectivity index (χ0n) is 9.98. The van der Waals surface area contributed by atoms with E-state index in [4.69, 9.17) is 9.88 Å². The minimum absolute atomic E-state index is 0.0412. The van der Waals surface area contributed by atoms with Gasteiger partial charge in [0, 0.05) is 0 Å². The Morgan fingerprint density at radius 2 is 1.94 bits per heavy atom. The lowest BCUT2D eigenvalue weighted by Crippen LogP contribution is -2.16. The molecule has 1 rings (SSSR count). The van der Waals surface area contributed by atoms with Gasteiger partial charge in [-0.2, -0.15) is 0 Å². The van der Waals surface area contributed by atoms with Crippen molar-refractivity contribution in [3.8, 4) is 0 Å². The normalized spacial score (nSPS) is 11.3. The van der Waals surface area contributed by atoms with E-state index in [2.05, 4.69) is 0 Å². The van der Waals surface area contributed by atoms with Crippen molar-refractivity contribution in [2.24, 2.45) is 5.14 Å². The number of esters is 1. The molecular formula is C11H15NO4S. The van der Waals surface area contributed by atoms with Crippen LogP contribution in [0.2, 0.25) is 0 Å².